The van der Waals surface area contributed by atoms with Crippen molar-refractivity contribution in [1.82, 2.24) is 0 Å². The molecule has 1 rings (SSSR count). The Balaban J connectivity index is 2.77. The van der Waals surface area contributed by atoms with Gasteiger partial charge >= 0.3 is 5.97 Å². The molecule has 1 unspecified atom stereocenters. The van der Waals surface area contributed by atoms with E-state index in [1.165, 1.54) is 6.07 Å². The topological polar surface area (TPSA) is 74.6 Å². The quantitative estimate of drug-likeness (QED) is 0.722. The van der Waals surface area contributed by atoms with Gasteiger partial charge in [0.2, 0.25) is 0 Å². The average molecular weight is 206 g/mol. The van der Waals surface area contributed by atoms with Gasteiger partial charge in [0.05, 0.1) is 6.42 Å². The molecule has 1 atom stereocenters. The van der Waals surface area contributed by atoms with Crippen molar-refractivity contribution in [3.05, 3.63) is 17.0 Å². The molecule has 0 saturated heterocycles. The van der Waals surface area contributed by atoms with E-state index in [-0.39, 0.29) is 10.6 Å². The lowest BCUT2D eigenvalue weighted by Crippen LogP contribution is -1.96. The lowest BCUT2D eigenvalue weighted by molar-refractivity contribution is -0.136. The van der Waals surface area contributed by atoms with Crippen molar-refractivity contribution in [2.45, 2.75) is 10.6 Å². The smallest absolute Gasteiger partial charge is 0.308 e. The number of hydrogen-bond donors (Lipinski definition) is 2. The van der Waals surface area contributed by atoms with Crippen molar-refractivity contribution >= 4 is 28.4 Å². The molecule has 0 saturated carbocycles. The van der Waals surface area contributed by atoms with Gasteiger partial charge in [-0.15, -0.1) is 11.3 Å². The maximum absolute atomic E-state index is 10.5. The van der Waals surface area contributed by atoms with E-state index in [0.29, 0.717) is 4.88 Å². The summed E-state index contributed by atoms with van der Waals surface area (Å²) in [6.45, 7) is 0. The molecule has 1 heterocycles. The summed E-state index contributed by atoms with van der Waals surface area (Å²) in [6.07, 6.45) is -0.0954. The van der Waals surface area contributed by atoms with E-state index in [1.807, 2.05) is 0 Å². The Bertz CT molecular complexity index is 317. The maximum atomic E-state index is 10.5. The predicted molar refractivity (Wildman–Crippen MR) is 44.7 cm³/mol. The third-order valence-corrected chi connectivity index (χ3v) is 3.17. The maximum Gasteiger partial charge on any atom is 0.308 e. The molecule has 6 heteroatoms. The highest BCUT2D eigenvalue weighted by molar-refractivity contribution is 7.81. The van der Waals surface area contributed by atoms with Crippen molar-refractivity contribution in [2.24, 2.45) is 0 Å². The Labute approximate surface area is 75.1 Å². The molecule has 1 aromatic rings. The van der Waals surface area contributed by atoms with Crippen LogP contribution in [0.15, 0.2) is 16.3 Å². The van der Waals surface area contributed by atoms with Gasteiger partial charge in [-0.05, 0) is 12.1 Å². The first kappa shape index (κ1) is 9.37. The van der Waals surface area contributed by atoms with Crippen molar-refractivity contribution in [3.8, 4) is 0 Å². The number of hydrogen-bond acceptors (Lipinski definition) is 3. The highest BCUT2D eigenvalue weighted by Gasteiger charge is 2.07. The second-order valence-electron chi connectivity index (χ2n) is 2.04. The molecule has 0 aliphatic carbocycles. The summed E-state index contributed by atoms with van der Waals surface area (Å²) in [7, 11) is 0. The van der Waals surface area contributed by atoms with Gasteiger partial charge in [0, 0.05) is 4.88 Å². The predicted octanol–water partition coefficient (Wildman–Crippen LogP) is 0.956. The molecular formula is C6H6O4S2. The Morgan fingerprint density at radius 1 is 1.58 bits per heavy atom. The van der Waals surface area contributed by atoms with Crippen LogP contribution in [0.4, 0.5) is 0 Å². The Morgan fingerprint density at radius 3 is 2.67 bits per heavy atom. The van der Waals surface area contributed by atoms with Gasteiger partial charge < -0.3 is 9.66 Å². The molecule has 0 radical (unpaired) electrons. The molecule has 1 aromatic heterocycles. The van der Waals surface area contributed by atoms with Gasteiger partial charge in [-0.25, -0.2) is 4.21 Å². The Morgan fingerprint density at radius 2 is 2.25 bits per heavy atom. The first-order valence-corrected chi connectivity index (χ1v) is 4.93. The molecule has 4 nitrogen and oxygen atoms in total. The zero-order chi connectivity index (χ0) is 9.14. The zero-order valence-corrected chi connectivity index (χ0v) is 7.52. The summed E-state index contributed by atoms with van der Waals surface area (Å²) < 4.78 is 19.4. The summed E-state index contributed by atoms with van der Waals surface area (Å²) in [5.41, 5.74) is 0. The van der Waals surface area contributed by atoms with Crippen LogP contribution in [0.2, 0.25) is 0 Å². The lowest BCUT2D eigenvalue weighted by atomic mass is 10.3. The zero-order valence-electron chi connectivity index (χ0n) is 5.89. The highest BCUT2D eigenvalue weighted by Crippen LogP contribution is 2.19. The number of carboxylic acids is 1. The van der Waals surface area contributed by atoms with Crippen LogP contribution in [0, 0.1) is 0 Å². The number of rotatable bonds is 3. The molecule has 66 valence electrons. The lowest BCUT2D eigenvalue weighted by Gasteiger charge is -1.87. The largest absolute Gasteiger partial charge is 0.481 e. The van der Waals surface area contributed by atoms with Gasteiger partial charge in [0.15, 0.2) is 11.1 Å². The van der Waals surface area contributed by atoms with E-state index in [1.54, 1.807) is 6.07 Å². The molecule has 0 aliphatic heterocycles. The fourth-order valence-corrected chi connectivity index (χ4v) is 2.21. The molecule has 0 amide bonds. The van der Waals surface area contributed by atoms with Crippen LogP contribution in [0.25, 0.3) is 0 Å². The first-order valence-electron chi connectivity index (χ1n) is 3.01. The van der Waals surface area contributed by atoms with Crippen LogP contribution in [0.3, 0.4) is 0 Å². The van der Waals surface area contributed by atoms with E-state index in [9.17, 15) is 9.00 Å². The van der Waals surface area contributed by atoms with Crippen molar-refractivity contribution in [1.29, 1.82) is 0 Å². The van der Waals surface area contributed by atoms with Crippen LogP contribution >= 0.6 is 11.3 Å². The first-order chi connectivity index (χ1) is 5.59. The van der Waals surface area contributed by atoms with Crippen molar-refractivity contribution in [2.75, 3.05) is 0 Å². The third kappa shape index (κ3) is 2.40. The minimum absolute atomic E-state index is 0.0954. The van der Waals surface area contributed by atoms with E-state index in [4.69, 9.17) is 9.66 Å². The van der Waals surface area contributed by atoms with Crippen molar-refractivity contribution in [3.63, 3.8) is 0 Å². The summed E-state index contributed by atoms with van der Waals surface area (Å²) >= 11 is -0.959. The van der Waals surface area contributed by atoms with Crippen LogP contribution in [-0.4, -0.2) is 19.8 Å². The fraction of sp³-hybridized carbons (Fsp3) is 0.167. The second kappa shape index (κ2) is 3.79. The molecule has 12 heavy (non-hydrogen) atoms. The molecular weight excluding hydrogens is 200 g/mol. The SMILES string of the molecule is O=C(O)Cc1ccc(S(=O)O)s1. The van der Waals surface area contributed by atoms with E-state index < -0.39 is 17.0 Å². The number of aliphatic carboxylic acids is 1. The van der Waals surface area contributed by atoms with Crippen LogP contribution in [0.5, 0.6) is 0 Å². The minimum Gasteiger partial charge on any atom is -0.481 e. The second-order valence-corrected chi connectivity index (χ2v) is 4.41. The summed E-state index contributed by atoms with van der Waals surface area (Å²) in [5, 5.41) is 8.38. The monoisotopic (exact) mass is 206 g/mol. The molecule has 0 spiro atoms. The summed E-state index contributed by atoms with van der Waals surface area (Å²) in [5.74, 6) is -0.938. The fourth-order valence-electron chi connectivity index (χ4n) is 0.696. The van der Waals surface area contributed by atoms with Gasteiger partial charge in [-0.1, -0.05) is 0 Å². The molecule has 0 aliphatic rings. The van der Waals surface area contributed by atoms with Crippen molar-refractivity contribution < 1.29 is 18.7 Å². The van der Waals surface area contributed by atoms with Gasteiger partial charge in [-0.2, -0.15) is 0 Å². The van der Waals surface area contributed by atoms with Gasteiger partial charge in [0.25, 0.3) is 0 Å². The molecule has 2 N–H and O–H groups in total. The summed E-state index contributed by atoms with van der Waals surface area (Å²) in [6, 6.07) is 3.00. The molecule has 0 bridgehead atoms. The van der Waals surface area contributed by atoms with Crippen LogP contribution in [-0.2, 0) is 22.3 Å². The molecule has 0 fully saturated rings. The van der Waals surface area contributed by atoms with E-state index >= 15 is 0 Å². The third-order valence-electron chi connectivity index (χ3n) is 1.13. The Hall–Kier alpha value is -0.720. The standard InChI is InChI=1S/C6H6O4S2/c7-5(8)3-4-1-2-6(11-4)12(9)10/h1-2H,3H2,(H,7,8)(H,9,10). The van der Waals surface area contributed by atoms with Gasteiger partial charge in [0.1, 0.15) is 4.21 Å². The highest BCUT2D eigenvalue weighted by atomic mass is 32.2. The van der Waals surface area contributed by atoms with Gasteiger partial charge in [-0.3, -0.25) is 4.79 Å². The average Bonchev–Trinajstić information content (AvgIpc) is 2.34. The Kier molecular flexibility index (Phi) is 2.96. The van der Waals surface area contributed by atoms with Crippen LogP contribution < -0.4 is 0 Å². The van der Waals surface area contributed by atoms with E-state index in [2.05, 4.69) is 0 Å². The normalized spacial score (nSPS) is 12.8. The number of thiophene rings is 1. The number of carboxylic acid groups (broad SMARTS) is 1. The van der Waals surface area contributed by atoms with Crippen LogP contribution in [0.1, 0.15) is 4.88 Å². The summed E-state index contributed by atoms with van der Waals surface area (Å²) in [4.78, 5) is 10.8. The van der Waals surface area contributed by atoms with E-state index in [0.717, 1.165) is 11.3 Å². The minimum atomic E-state index is -2.00. The molecule has 0 aromatic carbocycles. The number of carbonyl (C=O) groups is 1.